The molecule has 0 atom stereocenters. The van der Waals surface area contributed by atoms with Crippen LogP contribution in [-0.4, -0.2) is 47.2 Å². The molecule has 1 amide bonds. The lowest BCUT2D eigenvalue weighted by atomic mass is 9.29. The minimum atomic E-state index is -0.0322. The first-order valence-corrected chi connectivity index (χ1v) is 9.16. The molecule has 0 spiro atoms. The molecule has 5 nitrogen and oxygen atoms in total. The van der Waals surface area contributed by atoms with Gasteiger partial charge >= 0.3 is 0 Å². The molecule has 4 fully saturated rings. The molecule has 1 aromatic heterocycles. The lowest BCUT2D eigenvalue weighted by Crippen LogP contribution is -2.72. The van der Waals surface area contributed by atoms with E-state index in [1.165, 1.54) is 0 Å². The van der Waals surface area contributed by atoms with Gasteiger partial charge < -0.3 is 9.80 Å². The molecule has 0 aromatic carbocycles. The molecule has 2 heterocycles. The van der Waals surface area contributed by atoms with Crippen LogP contribution in [0.15, 0.2) is 12.1 Å². The van der Waals surface area contributed by atoms with Crippen LogP contribution in [0.4, 0.5) is 5.82 Å². The number of hydrogen-bond acceptors (Lipinski definition) is 4. The van der Waals surface area contributed by atoms with Crippen LogP contribution in [0, 0.1) is 16.2 Å². The minimum Gasteiger partial charge on any atom is -0.352 e. The van der Waals surface area contributed by atoms with E-state index in [0.29, 0.717) is 21.9 Å². The molecule has 6 heteroatoms. The van der Waals surface area contributed by atoms with Gasteiger partial charge in [0.1, 0.15) is 0 Å². The first-order chi connectivity index (χ1) is 11.2. The van der Waals surface area contributed by atoms with Crippen LogP contribution in [0.3, 0.4) is 0 Å². The molecular formula is C18H25ClN4O. The van der Waals surface area contributed by atoms with Crippen molar-refractivity contribution in [3.8, 4) is 0 Å². The molecular weight excluding hydrogens is 324 g/mol. The summed E-state index contributed by atoms with van der Waals surface area (Å²) < 4.78 is 0. The third kappa shape index (κ3) is 2.24. The highest BCUT2D eigenvalue weighted by Crippen LogP contribution is 2.79. The van der Waals surface area contributed by atoms with Gasteiger partial charge in [-0.05, 0) is 42.2 Å². The molecule has 1 saturated heterocycles. The molecule has 5 rings (SSSR count). The summed E-state index contributed by atoms with van der Waals surface area (Å²) in [7, 11) is 0. The second-order valence-corrected chi connectivity index (χ2v) is 9.22. The lowest BCUT2D eigenvalue weighted by molar-refractivity contribution is -0.255. The van der Waals surface area contributed by atoms with Crippen molar-refractivity contribution in [2.45, 2.75) is 40.0 Å². The molecule has 3 aliphatic carbocycles. The lowest BCUT2D eigenvalue weighted by Gasteiger charge is -2.75. The summed E-state index contributed by atoms with van der Waals surface area (Å²) >= 11 is 5.79. The Kier molecular flexibility index (Phi) is 3.41. The van der Waals surface area contributed by atoms with Crippen LogP contribution in [0.25, 0.3) is 0 Å². The molecule has 0 unspecified atom stereocenters. The van der Waals surface area contributed by atoms with E-state index in [2.05, 4.69) is 40.8 Å². The first-order valence-electron chi connectivity index (χ1n) is 8.78. The van der Waals surface area contributed by atoms with Gasteiger partial charge in [-0.2, -0.15) is 0 Å². The van der Waals surface area contributed by atoms with E-state index in [1.54, 1.807) is 6.07 Å². The van der Waals surface area contributed by atoms with Gasteiger partial charge in [0.2, 0.25) is 5.91 Å². The number of carbonyl (C=O) groups is 1. The van der Waals surface area contributed by atoms with Gasteiger partial charge in [-0.15, -0.1) is 10.2 Å². The molecule has 1 aliphatic heterocycles. The Morgan fingerprint density at radius 2 is 1.71 bits per heavy atom. The molecule has 2 bridgehead atoms. The van der Waals surface area contributed by atoms with Gasteiger partial charge in [0.15, 0.2) is 11.0 Å². The third-order valence-electron chi connectivity index (χ3n) is 6.58. The largest absolute Gasteiger partial charge is 0.352 e. The van der Waals surface area contributed by atoms with Crippen molar-refractivity contribution in [2.75, 3.05) is 31.1 Å². The second kappa shape index (κ2) is 5.07. The Hall–Kier alpha value is -1.36. The fourth-order valence-corrected chi connectivity index (χ4v) is 4.86. The Morgan fingerprint density at radius 3 is 2.21 bits per heavy atom. The molecule has 1 aromatic rings. The summed E-state index contributed by atoms with van der Waals surface area (Å²) in [6.07, 6.45) is 3.27. The van der Waals surface area contributed by atoms with Gasteiger partial charge in [-0.25, -0.2) is 0 Å². The molecule has 0 radical (unpaired) electrons. The fraction of sp³-hybridized carbons (Fsp3) is 0.722. The van der Waals surface area contributed by atoms with Crippen LogP contribution < -0.4 is 4.90 Å². The molecule has 0 N–H and O–H groups in total. The minimum absolute atomic E-state index is 0.0322. The monoisotopic (exact) mass is 348 g/mol. The van der Waals surface area contributed by atoms with E-state index in [0.717, 1.165) is 51.3 Å². The van der Waals surface area contributed by atoms with E-state index in [-0.39, 0.29) is 5.41 Å². The standard InChI is InChI=1S/C18H25ClN4O/c1-16(2,3)18-10-17(11-18,12-18)15(24)23-8-6-22(7-9-23)14-5-4-13(19)20-21-14/h4-5H,6-12H2,1-3H3. The Morgan fingerprint density at radius 1 is 1.08 bits per heavy atom. The summed E-state index contributed by atoms with van der Waals surface area (Å²) in [5, 5.41) is 8.44. The number of anilines is 1. The number of nitrogens with zero attached hydrogens (tertiary/aromatic N) is 4. The summed E-state index contributed by atoms with van der Waals surface area (Å²) in [6, 6.07) is 3.65. The zero-order valence-electron chi connectivity index (χ0n) is 14.7. The van der Waals surface area contributed by atoms with Crippen LogP contribution in [0.5, 0.6) is 0 Å². The van der Waals surface area contributed by atoms with E-state index in [9.17, 15) is 4.79 Å². The summed E-state index contributed by atoms with van der Waals surface area (Å²) in [4.78, 5) is 17.2. The highest BCUT2D eigenvalue weighted by atomic mass is 35.5. The first kappa shape index (κ1) is 16.1. The Bertz CT molecular complexity index is 639. The van der Waals surface area contributed by atoms with Crippen molar-refractivity contribution in [1.82, 2.24) is 15.1 Å². The van der Waals surface area contributed by atoms with Crippen LogP contribution in [-0.2, 0) is 4.79 Å². The van der Waals surface area contributed by atoms with Crippen LogP contribution in [0.2, 0.25) is 5.15 Å². The number of amides is 1. The maximum atomic E-state index is 13.0. The van der Waals surface area contributed by atoms with Crippen molar-refractivity contribution >= 4 is 23.3 Å². The summed E-state index contributed by atoms with van der Waals surface area (Å²) in [5.41, 5.74) is 0.708. The average Bonchev–Trinajstić information content (AvgIpc) is 2.44. The van der Waals surface area contributed by atoms with Crippen LogP contribution in [0.1, 0.15) is 40.0 Å². The van der Waals surface area contributed by atoms with Gasteiger partial charge in [0.25, 0.3) is 0 Å². The molecule has 24 heavy (non-hydrogen) atoms. The summed E-state index contributed by atoms with van der Waals surface area (Å²) in [5.74, 6) is 1.22. The van der Waals surface area contributed by atoms with Crippen molar-refractivity contribution in [3.05, 3.63) is 17.3 Å². The quantitative estimate of drug-likeness (QED) is 0.824. The predicted octanol–water partition coefficient (Wildman–Crippen LogP) is 3.00. The normalized spacial score (nSPS) is 32.2. The predicted molar refractivity (Wildman–Crippen MR) is 94.0 cm³/mol. The van der Waals surface area contributed by atoms with E-state index >= 15 is 0 Å². The summed E-state index contributed by atoms with van der Waals surface area (Å²) in [6.45, 7) is 10.1. The van der Waals surface area contributed by atoms with E-state index in [4.69, 9.17) is 11.6 Å². The van der Waals surface area contributed by atoms with Crippen molar-refractivity contribution in [2.24, 2.45) is 16.2 Å². The zero-order chi connectivity index (χ0) is 17.2. The molecule has 4 aliphatic rings. The maximum Gasteiger partial charge on any atom is 0.228 e. The fourth-order valence-electron chi connectivity index (χ4n) is 4.76. The van der Waals surface area contributed by atoms with Gasteiger partial charge in [-0.1, -0.05) is 32.4 Å². The van der Waals surface area contributed by atoms with Crippen molar-refractivity contribution in [1.29, 1.82) is 0 Å². The van der Waals surface area contributed by atoms with Crippen molar-refractivity contribution < 1.29 is 4.79 Å². The smallest absolute Gasteiger partial charge is 0.228 e. The highest BCUT2D eigenvalue weighted by Gasteiger charge is 2.75. The van der Waals surface area contributed by atoms with E-state index < -0.39 is 0 Å². The number of hydrogen-bond donors (Lipinski definition) is 0. The number of carbonyl (C=O) groups excluding carboxylic acids is 1. The van der Waals surface area contributed by atoms with Gasteiger partial charge in [0, 0.05) is 26.2 Å². The topological polar surface area (TPSA) is 49.3 Å². The number of rotatable bonds is 2. The van der Waals surface area contributed by atoms with Crippen LogP contribution >= 0.6 is 11.6 Å². The van der Waals surface area contributed by atoms with Gasteiger partial charge in [-0.3, -0.25) is 4.79 Å². The third-order valence-corrected chi connectivity index (χ3v) is 6.79. The zero-order valence-corrected chi connectivity index (χ0v) is 15.4. The Balaban J connectivity index is 1.34. The highest BCUT2D eigenvalue weighted by molar-refractivity contribution is 6.29. The molecule has 3 saturated carbocycles. The van der Waals surface area contributed by atoms with E-state index in [1.807, 2.05) is 6.07 Å². The number of aromatic nitrogens is 2. The molecule has 130 valence electrons. The second-order valence-electron chi connectivity index (χ2n) is 8.83. The Labute approximate surface area is 148 Å². The SMILES string of the molecule is CC(C)(C)C12CC(C(=O)N3CCN(c4ccc(Cl)nn4)CC3)(C1)C2. The number of halogens is 1. The van der Waals surface area contributed by atoms with Crippen molar-refractivity contribution in [3.63, 3.8) is 0 Å². The van der Waals surface area contributed by atoms with Gasteiger partial charge in [0.05, 0.1) is 5.41 Å². The number of piperazine rings is 1. The maximum absolute atomic E-state index is 13.0. The average molecular weight is 349 g/mol.